The summed E-state index contributed by atoms with van der Waals surface area (Å²) in [6.07, 6.45) is 7.97. The number of aryl methyl sites for hydroxylation is 1. The molecule has 5 rings (SSSR count). The van der Waals surface area contributed by atoms with Crippen molar-refractivity contribution in [1.29, 1.82) is 0 Å². The Kier molecular flexibility index (Phi) is 6.30. The molecule has 1 saturated heterocycles. The van der Waals surface area contributed by atoms with Gasteiger partial charge < -0.3 is 9.64 Å². The molecule has 11 heteroatoms. The maximum absolute atomic E-state index is 13.1. The number of carbonyl (C=O) groups excluding carboxylic acids is 1. The highest BCUT2D eigenvalue weighted by atomic mass is 35.5. The second kappa shape index (κ2) is 9.50. The molecule has 0 amide bonds. The van der Waals surface area contributed by atoms with E-state index >= 15 is 0 Å². The second-order valence-corrected chi connectivity index (χ2v) is 9.42. The number of carbonyl (C=O) groups is 1. The van der Waals surface area contributed by atoms with Crippen LogP contribution in [0.2, 0.25) is 5.02 Å². The van der Waals surface area contributed by atoms with Gasteiger partial charge in [-0.25, -0.2) is 15.0 Å². The van der Waals surface area contributed by atoms with Crippen LogP contribution in [0.5, 0.6) is 0 Å². The lowest BCUT2D eigenvalue weighted by molar-refractivity contribution is -0.117. The number of fused-ring (bicyclic) bond motifs is 1. The van der Waals surface area contributed by atoms with Gasteiger partial charge in [0.25, 0.3) is 0 Å². The van der Waals surface area contributed by atoms with E-state index in [1.165, 1.54) is 4.80 Å². The fourth-order valence-corrected chi connectivity index (χ4v) is 5.03. The third-order valence-electron chi connectivity index (χ3n) is 5.40. The quantitative estimate of drug-likeness (QED) is 0.412. The molecule has 9 nitrogen and oxygen atoms in total. The molecule has 33 heavy (non-hydrogen) atoms. The van der Waals surface area contributed by atoms with Crippen LogP contribution in [0.1, 0.15) is 22.6 Å². The van der Waals surface area contributed by atoms with Gasteiger partial charge in [0.1, 0.15) is 16.1 Å². The van der Waals surface area contributed by atoms with Gasteiger partial charge in [0, 0.05) is 50.5 Å². The van der Waals surface area contributed by atoms with Crippen molar-refractivity contribution in [1.82, 2.24) is 29.9 Å². The number of hydrogen-bond donors (Lipinski definition) is 0. The molecule has 1 fully saturated rings. The summed E-state index contributed by atoms with van der Waals surface area (Å²) in [7, 11) is 0. The molecular weight excluding hydrogens is 462 g/mol. The van der Waals surface area contributed by atoms with Crippen LogP contribution >= 0.6 is 22.9 Å². The van der Waals surface area contributed by atoms with Crippen molar-refractivity contribution in [3.8, 4) is 5.82 Å². The number of ether oxygens (including phenoxy) is 1. The lowest BCUT2D eigenvalue weighted by atomic mass is 10.0. The fourth-order valence-electron chi connectivity index (χ4n) is 4.00. The van der Waals surface area contributed by atoms with Gasteiger partial charge in [-0.2, -0.15) is 10.2 Å². The zero-order chi connectivity index (χ0) is 22.8. The standard InChI is InChI=1S/C22H22ClN7O2S/c1-14-28-19-20(29-5-2-7-32-8-6-29)16(13-25-22(19)33-14)11-17(31)9-15-10-18(23)21(24-12-15)30-26-3-4-27-30/h3-4,10,12-13H,2,5-9,11H2,1H3. The number of hydrogen-bond acceptors (Lipinski definition) is 9. The van der Waals surface area contributed by atoms with Crippen LogP contribution in [0.4, 0.5) is 5.69 Å². The zero-order valence-corrected chi connectivity index (χ0v) is 19.6. The Morgan fingerprint density at radius 2 is 2.00 bits per heavy atom. The minimum atomic E-state index is 0.0539. The zero-order valence-electron chi connectivity index (χ0n) is 18.1. The number of thiazole rings is 1. The Bertz CT molecular complexity index is 1280. The van der Waals surface area contributed by atoms with Crippen LogP contribution in [-0.4, -0.2) is 62.0 Å². The van der Waals surface area contributed by atoms with E-state index in [4.69, 9.17) is 21.3 Å². The van der Waals surface area contributed by atoms with Crippen molar-refractivity contribution in [2.24, 2.45) is 0 Å². The topological polar surface area (TPSA) is 98.9 Å². The molecule has 5 heterocycles. The van der Waals surface area contributed by atoms with E-state index in [0.717, 1.165) is 58.3 Å². The number of rotatable bonds is 6. The van der Waals surface area contributed by atoms with Crippen molar-refractivity contribution >= 4 is 44.8 Å². The summed E-state index contributed by atoms with van der Waals surface area (Å²) in [5.41, 5.74) is 3.49. The minimum absolute atomic E-state index is 0.0539. The fraction of sp³-hybridized carbons (Fsp3) is 0.364. The predicted octanol–water partition coefficient (Wildman–Crippen LogP) is 3.21. The number of nitrogens with zero attached hydrogens (tertiary/aromatic N) is 7. The van der Waals surface area contributed by atoms with E-state index < -0.39 is 0 Å². The highest BCUT2D eigenvalue weighted by molar-refractivity contribution is 7.18. The lowest BCUT2D eigenvalue weighted by Gasteiger charge is -2.25. The van der Waals surface area contributed by atoms with Crippen LogP contribution in [-0.2, 0) is 22.4 Å². The molecule has 0 aliphatic carbocycles. The van der Waals surface area contributed by atoms with Gasteiger partial charge in [0.15, 0.2) is 5.82 Å². The van der Waals surface area contributed by atoms with E-state index in [1.54, 1.807) is 36.0 Å². The molecule has 4 aromatic rings. The Balaban J connectivity index is 1.40. The average Bonchev–Trinajstić information content (AvgIpc) is 3.36. The number of anilines is 1. The highest BCUT2D eigenvalue weighted by Gasteiger charge is 2.22. The largest absolute Gasteiger partial charge is 0.380 e. The number of aromatic nitrogens is 6. The van der Waals surface area contributed by atoms with Gasteiger partial charge in [-0.3, -0.25) is 4.79 Å². The first-order valence-electron chi connectivity index (χ1n) is 10.7. The first kappa shape index (κ1) is 21.9. The van der Waals surface area contributed by atoms with Gasteiger partial charge in [0.05, 0.1) is 34.7 Å². The van der Waals surface area contributed by atoms with Crippen molar-refractivity contribution < 1.29 is 9.53 Å². The monoisotopic (exact) mass is 483 g/mol. The Morgan fingerprint density at radius 3 is 2.82 bits per heavy atom. The maximum Gasteiger partial charge on any atom is 0.193 e. The Labute approximate surface area is 199 Å². The second-order valence-electron chi connectivity index (χ2n) is 7.83. The van der Waals surface area contributed by atoms with E-state index in [-0.39, 0.29) is 18.6 Å². The van der Waals surface area contributed by atoms with Gasteiger partial charge in [0.2, 0.25) is 0 Å². The molecule has 1 aliphatic heterocycles. The van der Waals surface area contributed by atoms with Gasteiger partial charge >= 0.3 is 0 Å². The van der Waals surface area contributed by atoms with E-state index in [0.29, 0.717) is 17.4 Å². The Morgan fingerprint density at radius 1 is 1.15 bits per heavy atom. The Hall–Kier alpha value is -2.95. The summed E-state index contributed by atoms with van der Waals surface area (Å²) in [6.45, 7) is 5.00. The van der Waals surface area contributed by atoms with E-state index in [2.05, 4.69) is 25.1 Å². The lowest BCUT2D eigenvalue weighted by Crippen LogP contribution is -2.28. The number of pyridine rings is 2. The summed E-state index contributed by atoms with van der Waals surface area (Å²) in [5.74, 6) is 0.482. The summed E-state index contributed by atoms with van der Waals surface area (Å²) >= 11 is 7.93. The molecule has 0 bridgehead atoms. The molecule has 0 spiro atoms. The third-order valence-corrected chi connectivity index (χ3v) is 6.55. The summed E-state index contributed by atoms with van der Waals surface area (Å²) in [6, 6.07) is 1.74. The smallest absolute Gasteiger partial charge is 0.193 e. The normalized spacial score (nSPS) is 14.5. The molecule has 1 aliphatic rings. The molecule has 170 valence electrons. The van der Waals surface area contributed by atoms with Crippen LogP contribution < -0.4 is 4.90 Å². The average molecular weight is 484 g/mol. The summed E-state index contributed by atoms with van der Waals surface area (Å²) in [5, 5.41) is 9.44. The molecule has 0 aromatic carbocycles. The number of halogens is 1. The van der Waals surface area contributed by atoms with Crippen LogP contribution in [0.3, 0.4) is 0 Å². The SMILES string of the molecule is Cc1nc2c(N3CCCOCC3)c(CC(=O)Cc3cnc(-n4nccn4)c(Cl)c3)cnc2s1. The molecule has 0 saturated carbocycles. The summed E-state index contributed by atoms with van der Waals surface area (Å²) in [4.78, 5) is 31.2. The molecule has 4 aromatic heterocycles. The number of Topliss-reactive ketones (excluding diaryl/α,β-unsaturated/α-hetero) is 1. The van der Waals surface area contributed by atoms with Gasteiger partial charge in [-0.05, 0) is 25.0 Å². The van der Waals surface area contributed by atoms with E-state index in [1.807, 2.05) is 13.1 Å². The predicted molar refractivity (Wildman–Crippen MR) is 126 cm³/mol. The molecule has 0 unspecified atom stereocenters. The minimum Gasteiger partial charge on any atom is -0.380 e. The molecule has 0 radical (unpaired) electrons. The maximum atomic E-state index is 13.1. The van der Waals surface area contributed by atoms with Crippen LogP contribution in [0, 0.1) is 6.92 Å². The van der Waals surface area contributed by atoms with Crippen LogP contribution in [0.15, 0.2) is 30.9 Å². The number of ketones is 1. The summed E-state index contributed by atoms with van der Waals surface area (Å²) < 4.78 is 5.64. The third kappa shape index (κ3) is 4.73. The van der Waals surface area contributed by atoms with Gasteiger partial charge in [-0.1, -0.05) is 22.9 Å². The van der Waals surface area contributed by atoms with Crippen molar-refractivity contribution in [3.05, 3.63) is 52.0 Å². The molecular formula is C22H22ClN7O2S. The van der Waals surface area contributed by atoms with Gasteiger partial charge in [-0.15, -0.1) is 4.80 Å². The van der Waals surface area contributed by atoms with Crippen molar-refractivity contribution in [3.63, 3.8) is 0 Å². The highest BCUT2D eigenvalue weighted by Crippen LogP contribution is 2.33. The van der Waals surface area contributed by atoms with E-state index in [9.17, 15) is 4.79 Å². The molecule has 0 atom stereocenters. The molecule has 0 N–H and O–H groups in total. The first-order chi connectivity index (χ1) is 16.1. The van der Waals surface area contributed by atoms with Crippen LogP contribution in [0.25, 0.3) is 16.2 Å². The first-order valence-corrected chi connectivity index (χ1v) is 11.9. The van der Waals surface area contributed by atoms with Crippen molar-refractivity contribution in [2.75, 3.05) is 31.2 Å². The van der Waals surface area contributed by atoms with Crippen molar-refractivity contribution in [2.45, 2.75) is 26.2 Å².